The number of benzene rings is 4. The summed E-state index contributed by atoms with van der Waals surface area (Å²) in [4.78, 5) is 0. The van der Waals surface area contributed by atoms with Crippen LogP contribution in [0.25, 0.3) is 34.4 Å². The Morgan fingerprint density at radius 3 is 1.05 bits per heavy atom. The molecule has 2 atom stereocenters. The van der Waals surface area contributed by atoms with E-state index in [9.17, 15) is 0 Å². The van der Waals surface area contributed by atoms with Crippen LogP contribution < -0.4 is 9.47 Å². The van der Waals surface area contributed by atoms with Gasteiger partial charge in [-0.15, -0.1) is 0 Å². The van der Waals surface area contributed by atoms with Crippen LogP contribution in [0.2, 0.25) is 13.1 Å². The maximum absolute atomic E-state index is 6.04. The normalized spacial score (nSPS) is 17.5. The summed E-state index contributed by atoms with van der Waals surface area (Å²) in [5.74, 6) is 1.96. The fraction of sp³-hybridized carbons (Fsp3) is 0.462. The van der Waals surface area contributed by atoms with Crippen molar-refractivity contribution < 1.29 is 9.47 Å². The average molecular weight is 753 g/mol. The molecule has 0 saturated carbocycles. The highest BCUT2D eigenvalue weighted by molar-refractivity contribution is 6.81. The lowest BCUT2D eigenvalue weighted by Crippen LogP contribution is -2.42. The van der Waals surface area contributed by atoms with E-state index in [1.54, 1.807) is 0 Å². The monoisotopic (exact) mass is 752 g/mol. The molecule has 0 fully saturated rings. The summed E-state index contributed by atoms with van der Waals surface area (Å²) in [7, 11) is 1.52. The van der Waals surface area contributed by atoms with Crippen LogP contribution in [0.5, 0.6) is 11.5 Å². The molecule has 6 rings (SSSR count). The predicted octanol–water partition coefficient (Wildman–Crippen LogP) is 14.7. The third-order valence-electron chi connectivity index (χ3n) is 12.4. The molecule has 2 unspecified atom stereocenters. The largest absolute Gasteiger partial charge is 0.496 e. The van der Waals surface area contributed by atoms with Crippen molar-refractivity contribution in [3.05, 3.63) is 116 Å². The number of ether oxygens (including phenoxy) is 2. The van der Waals surface area contributed by atoms with E-state index in [0.29, 0.717) is 11.1 Å². The molecule has 0 bridgehead atoms. The van der Waals surface area contributed by atoms with E-state index in [2.05, 4.69) is 183 Å². The van der Waals surface area contributed by atoms with Gasteiger partial charge in [-0.1, -0.05) is 168 Å². The van der Waals surface area contributed by atoms with Gasteiger partial charge in [-0.05, 0) is 103 Å². The Kier molecular flexibility index (Phi) is 10.2. The Hall–Kier alpha value is -3.82. The molecule has 0 amide bonds. The molecule has 2 aliphatic rings. The van der Waals surface area contributed by atoms with Crippen molar-refractivity contribution in [3.63, 3.8) is 0 Å². The molecular formula is C52H68O2Si. The van der Waals surface area contributed by atoms with E-state index >= 15 is 0 Å². The highest BCUT2D eigenvalue weighted by atomic mass is 28.3. The van der Waals surface area contributed by atoms with E-state index < -0.39 is 8.07 Å². The van der Waals surface area contributed by atoms with Gasteiger partial charge in [0.05, 0.1) is 22.3 Å². The molecule has 0 radical (unpaired) electrons. The van der Waals surface area contributed by atoms with Gasteiger partial charge in [0.2, 0.25) is 0 Å². The Labute approximate surface area is 335 Å². The van der Waals surface area contributed by atoms with Gasteiger partial charge >= 0.3 is 0 Å². The van der Waals surface area contributed by atoms with Gasteiger partial charge in [-0.25, -0.2) is 0 Å². The van der Waals surface area contributed by atoms with Gasteiger partial charge in [-0.2, -0.15) is 0 Å². The summed E-state index contributed by atoms with van der Waals surface area (Å²) in [5.41, 5.74) is 20.0. The quantitative estimate of drug-likeness (QED) is 0.183. The van der Waals surface area contributed by atoms with Crippen molar-refractivity contribution in [3.8, 4) is 33.8 Å². The van der Waals surface area contributed by atoms with E-state index in [4.69, 9.17) is 9.47 Å². The number of fused-ring (bicyclic) bond motifs is 2. The average Bonchev–Trinajstić information content (AvgIpc) is 3.61. The Morgan fingerprint density at radius 2 is 0.764 bits per heavy atom. The number of rotatable bonds is 6. The molecule has 3 heteroatoms. The summed E-state index contributed by atoms with van der Waals surface area (Å²) < 4.78 is 12.1. The van der Waals surface area contributed by atoms with Crippen LogP contribution in [0.3, 0.4) is 0 Å². The van der Waals surface area contributed by atoms with Crippen molar-refractivity contribution in [2.45, 2.75) is 143 Å². The van der Waals surface area contributed by atoms with Gasteiger partial charge < -0.3 is 9.47 Å². The molecule has 0 spiro atoms. The van der Waals surface area contributed by atoms with E-state index in [1.807, 2.05) is 14.2 Å². The lowest BCUT2D eigenvalue weighted by atomic mass is 9.71. The molecule has 2 aliphatic carbocycles. The number of allylic oxidation sites excluding steroid dienone is 2. The molecule has 2 nitrogen and oxygen atoms in total. The first kappa shape index (κ1) is 40.8. The van der Waals surface area contributed by atoms with Crippen LogP contribution in [0.4, 0.5) is 0 Å². The molecule has 0 saturated heterocycles. The molecule has 4 aromatic carbocycles. The van der Waals surface area contributed by atoms with Gasteiger partial charge in [-0.3, -0.25) is 0 Å². The molecule has 55 heavy (non-hydrogen) atoms. The predicted molar refractivity (Wildman–Crippen MR) is 242 cm³/mol. The number of hydrogen-bond acceptors (Lipinski definition) is 2. The van der Waals surface area contributed by atoms with Crippen molar-refractivity contribution >= 4 is 20.2 Å². The topological polar surface area (TPSA) is 18.5 Å². The smallest absolute Gasteiger partial charge is 0.122 e. The van der Waals surface area contributed by atoms with Crippen LogP contribution in [0.1, 0.15) is 153 Å². The van der Waals surface area contributed by atoms with Crippen molar-refractivity contribution in [1.29, 1.82) is 0 Å². The lowest BCUT2D eigenvalue weighted by Gasteiger charge is -2.39. The summed E-state index contributed by atoms with van der Waals surface area (Å²) in [6, 6.07) is 23.3. The Bertz CT molecular complexity index is 2060. The molecule has 292 valence electrons. The van der Waals surface area contributed by atoms with Crippen molar-refractivity contribution in [2.24, 2.45) is 0 Å². The first-order valence-electron chi connectivity index (χ1n) is 20.4. The zero-order chi connectivity index (χ0) is 40.8. The van der Waals surface area contributed by atoms with E-state index in [1.165, 1.54) is 77.9 Å². The van der Waals surface area contributed by atoms with Crippen LogP contribution in [-0.4, -0.2) is 22.3 Å². The van der Waals surface area contributed by atoms with E-state index in [-0.39, 0.29) is 21.7 Å². The Morgan fingerprint density at radius 1 is 0.436 bits per heavy atom. The minimum Gasteiger partial charge on any atom is -0.496 e. The summed E-state index contributed by atoms with van der Waals surface area (Å²) in [6.07, 6.45) is 5.06. The molecule has 0 aliphatic heterocycles. The molecule has 0 aromatic heterocycles. The summed E-state index contributed by atoms with van der Waals surface area (Å²) in [5, 5.41) is 0. The number of hydrogen-bond donors (Lipinski definition) is 0. The highest BCUT2D eigenvalue weighted by Gasteiger charge is 2.48. The first-order valence-corrected chi connectivity index (χ1v) is 23.6. The fourth-order valence-corrected chi connectivity index (χ4v) is 15.7. The zero-order valence-corrected chi connectivity index (χ0v) is 38.4. The fourth-order valence-electron chi connectivity index (χ4n) is 10.7. The maximum Gasteiger partial charge on any atom is 0.122 e. The van der Waals surface area contributed by atoms with Gasteiger partial charge in [0, 0.05) is 22.2 Å². The molecule has 4 aromatic rings. The van der Waals surface area contributed by atoms with Crippen molar-refractivity contribution in [2.75, 3.05) is 14.2 Å². The SMILES string of the molecule is COc1ccc(-c2cccc3c2C=C(C)C3[Si](C)(C)C2C(C)=Cc3c(-c4ccc(OC)c(C(C)(C)C)c4C(C)(C)C)cccc32)c(C(C)(C)C)c1C(C)(C)C. The first-order chi connectivity index (χ1) is 25.3. The summed E-state index contributed by atoms with van der Waals surface area (Å²) in [6.45, 7) is 38.1. The van der Waals surface area contributed by atoms with E-state index in [0.717, 1.165) is 11.5 Å². The zero-order valence-electron chi connectivity index (χ0n) is 37.4. The van der Waals surface area contributed by atoms with Gasteiger partial charge in [0.1, 0.15) is 11.5 Å². The Balaban J connectivity index is 1.52. The van der Waals surface area contributed by atoms with Crippen LogP contribution in [-0.2, 0) is 21.7 Å². The second-order valence-corrected chi connectivity index (χ2v) is 26.0. The summed E-state index contributed by atoms with van der Waals surface area (Å²) >= 11 is 0. The minimum atomic E-state index is -2.10. The van der Waals surface area contributed by atoms with Gasteiger partial charge in [0.15, 0.2) is 0 Å². The lowest BCUT2D eigenvalue weighted by molar-refractivity contribution is 0.392. The number of methoxy groups -OCH3 is 2. The standard InChI is InChI=1S/C52H68O2Si/c1-31-29-39-33(35-25-27-41(53-15)45(51(9,10)11)43(35)49(3,4)5)21-19-23-37(39)47(31)55(17,18)48-32(2)30-40-34(22-20-24-38(40)48)36-26-28-42(54-16)46(52(12,13)14)44(36)50(6,7)8/h19-30,47-48H,1-18H3. The highest BCUT2D eigenvalue weighted by Crippen LogP contribution is 2.56. The van der Waals surface area contributed by atoms with Crippen LogP contribution >= 0.6 is 0 Å². The van der Waals surface area contributed by atoms with Crippen molar-refractivity contribution in [1.82, 2.24) is 0 Å². The van der Waals surface area contributed by atoms with Crippen LogP contribution in [0, 0.1) is 0 Å². The third kappa shape index (κ3) is 6.87. The minimum absolute atomic E-state index is 0.0719. The second-order valence-electron chi connectivity index (χ2n) is 21.2. The third-order valence-corrected chi connectivity index (χ3v) is 16.9. The molecular weight excluding hydrogens is 685 g/mol. The molecule has 0 heterocycles. The maximum atomic E-state index is 6.04. The second kappa shape index (κ2) is 13.7. The van der Waals surface area contributed by atoms with Gasteiger partial charge in [0.25, 0.3) is 0 Å². The molecule has 0 N–H and O–H groups in total. The van der Waals surface area contributed by atoms with Crippen LogP contribution in [0.15, 0.2) is 71.8 Å².